The van der Waals surface area contributed by atoms with Crippen LogP contribution in [-0.4, -0.2) is 28.5 Å². The number of hydrogen-bond acceptors (Lipinski definition) is 2. The molecule has 0 saturated carbocycles. The Morgan fingerprint density at radius 2 is 1.38 bits per heavy atom. The summed E-state index contributed by atoms with van der Waals surface area (Å²) in [6.07, 6.45) is 20.0. The zero-order chi connectivity index (χ0) is 32.1. The topological polar surface area (TPSA) is 45.0 Å². The Morgan fingerprint density at radius 1 is 0.689 bits per heavy atom. The van der Waals surface area contributed by atoms with Gasteiger partial charge in [0, 0.05) is 60.9 Å². The van der Waals surface area contributed by atoms with Crippen molar-refractivity contribution in [1.29, 1.82) is 0 Å². The minimum atomic E-state index is 0.546. The molecule has 45 heavy (non-hydrogen) atoms. The lowest BCUT2D eigenvalue weighted by molar-refractivity contribution is 0.656. The molecule has 0 N–H and O–H groups in total. The van der Waals surface area contributed by atoms with Crippen LogP contribution >= 0.6 is 0 Å². The van der Waals surface area contributed by atoms with Crippen LogP contribution in [0.1, 0.15) is 131 Å². The van der Waals surface area contributed by atoms with Gasteiger partial charge in [0.1, 0.15) is 0 Å². The quantitative estimate of drug-likeness (QED) is 0.204. The fourth-order valence-electron chi connectivity index (χ4n) is 6.36. The number of hydrogen-bond donors (Lipinski definition) is 0. The summed E-state index contributed by atoms with van der Waals surface area (Å²) in [4.78, 5) is 0. The first-order valence-corrected chi connectivity index (χ1v) is 17.1. The second kappa shape index (κ2) is 14.5. The van der Waals surface area contributed by atoms with Gasteiger partial charge in [0.15, 0.2) is 0 Å². The van der Waals surface area contributed by atoms with Crippen LogP contribution < -0.4 is 0 Å². The van der Waals surface area contributed by atoms with Crippen molar-refractivity contribution in [2.75, 3.05) is 0 Å². The monoisotopic (exact) mass is 606 g/mol. The maximum Gasteiger partial charge on any atom is 0.0696 e. The fourth-order valence-corrected chi connectivity index (χ4v) is 6.36. The third-order valence-electron chi connectivity index (χ3n) is 9.18. The Morgan fingerprint density at radius 3 is 2.07 bits per heavy atom. The van der Waals surface area contributed by atoms with Gasteiger partial charge in [0.05, 0.1) is 17.9 Å². The van der Waals surface area contributed by atoms with Gasteiger partial charge in [0.2, 0.25) is 0 Å². The summed E-state index contributed by atoms with van der Waals surface area (Å²) in [6.45, 7) is 21.2. The van der Waals surface area contributed by atoms with Gasteiger partial charge in [-0.15, -0.1) is 0 Å². The Balaban J connectivity index is 0.000000119. The number of aryl methyl sites for hydroxylation is 3. The number of nitrogens with zero attached hydrogens (tertiary/aromatic N) is 6. The molecule has 0 spiro atoms. The fraction of sp³-hybridized carbons (Fsp3) is 0.487. The molecule has 5 aromatic heterocycles. The second-order valence-electron chi connectivity index (χ2n) is 13.9. The summed E-state index contributed by atoms with van der Waals surface area (Å²) in [5.41, 5.74) is 11.3. The zero-order valence-electron chi connectivity index (χ0n) is 28.9. The summed E-state index contributed by atoms with van der Waals surface area (Å²) in [5.74, 6) is 2.52. The third-order valence-corrected chi connectivity index (χ3v) is 9.18. The molecule has 240 valence electrons. The smallest absolute Gasteiger partial charge is 0.0696 e. The summed E-state index contributed by atoms with van der Waals surface area (Å²) in [7, 11) is 0. The van der Waals surface area contributed by atoms with Crippen LogP contribution in [0.2, 0.25) is 0 Å². The second-order valence-corrected chi connectivity index (χ2v) is 13.9. The van der Waals surface area contributed by atoms with Gasteiger partial charge in [-0.25, -0.2) is 4.52 Å². The largest absolute Gasteiger partial charge is 0.351 e. The maximum absolute atomic E-state index is 4.33. The zero-order valence-corrected chi connectivity index (χ0v) is 28.9. The molecule has 0 saturated heterocycles. The molecule has 8 heterocycles. The normalized spacial score (nSPS) is 14.3. The van der Waals surface area contributed by atoms with Crippen LogP contribution in [0.15, 0.2) is 67.4 Å². The van der Waals surface area contributed by atoms with E-state index in [9.17, 15) is 0 Å². The number of pyridine rings is 1. The van der Waals surface area contributed by atoms with Gasteiger partial charge in [-0.05, 0) is 96.4 Å². The first kappa shape index (κ1) is 32.6. The van der Waals surface area contributed by atoms with E-state index >= 15 is 0 Å². The van der Waals surface area contributed by atoms with E-state index in [0.717, 1.165) is 13.1 Å². The van der Waals surface area contributed by atoms with Crippen LogP contribution in [-0.2, 0) is 32.5 Å². The average molecular weight is 607 g/mol. The molecule has 3 aliphatic rings. The predicted molar refractivity (Wildman–Crippen MR) is 188 cm³/mol. The van der Waals surface area contributed by atoms with Crippen molar-refractivity contribution in [2.24, 2.45) is 0 Å². The highest BCUT2D eigenvalue weighted by Gasteiger charge is 2.17. The van der Waals surface area contributed by atoms with Gasteiger partial charge in [-0.3, -0.25) is 4.68 Å². The molecular formula is C39H54N6. The highest BCUT2D eigenvalue weighted by molar-refractivity contribution is 5.54. The molecule has 0 fully saturated rings. The molecule has 6 nitrogen and oxygen atoms in total. The van der Waals surface area contributed by atoms with Crippen molar-refractivity contribution in [2.45, 2.75) is 124 Å². The van der Waals surface area contributed by atoms with E-state index in [1.54, 1.807) is 0 Å². The van der Waals surface area contributed by atoms with Crippen molar-refractivity contribution in [3.8, 4) is 0 Å². The van der Waals surface area contributed by atoms with Gasteiger partial charge in [0.25, 0.3) is 0 Å². The van der Waals surface area contributed by atoms with Crippen molar-refractivity contribution in [3.63, 3.8) is 0 Å². The van der Waals surface area contributed by atoms with E-state index < -0.39 is 0 Å². The van der Waals surface area contributed by atoms with Gasteiger partial charge in [-0.1, -0.05) is 67.5 Å². The molecule has 0 aromatic carbocycles. The molecule has 5 aromatic rings. The molecule has 0 amide bonds. The molecule has 0 aliphatic carbocycles. The van der Waals surface area contributed by atoms with E-state index in [0.29, 0.717) is 23.7 Å². The Hall–Kier alpha value is -3.80. The number of allylic oxidation sites excluding steroid dienone is 1. The summed E-state index contributed by atoms with van der Waals surface area (Å²) >= 11 is 0. The molecular weight excluding hydrogens is 552 g/mol. The lowest BCUT2D eigenvalue weighted by Crippen LogP contribution is -1.95. The van der Waals surface area contributed by atoms with Crippen LogP contribution in [0.25, 0.3) is 11.6 Å². The third kappa shape index (κ3) is 7.71. The predicted octanol–water partition coefficient (Wildman–Crippen LogP) is 9.61. The Labute approximate surface area is 270 Å². The highest BCUT2D eigenvalue weighted by atomic mass is 15.3. The highest BCUT2D eigenvalue weighted by Crippen LogP contribution is 2.25. The van der Waals surface area contributed by atoms with Gasteiger partial charge < -0.3 is 9.13 Å². The summed E-state index contributed by atoms with van der Waals surface area (Å²) < 4.78 is 8.75. The SMILES string of the molecule is CC(C)c1cc2n(c1)CC=C2.CC(C)c1cc2n(c1)CCC2.CC(C)c1cnn2c1CCC2.CC(C)c1cnn2ccccc12. The molecule has 0 atom stereocenters. The van der Waals surface area contributed by atoms with E-state index in [4.69, 9.17) is 0 Å². The van der Waals surface area contributed by atoms with Crippen LogP contribution in [0, 0.1) is 0 Å². The van der Waals surface area contributed by atoms with Crippen LogP contribution in [0.3, 0.4) is 0 Å². The average Bonchev–Trinajstić information content (AvgIpc) is 3.83. The Kier molecular flexibility index (Phi) is 10.5. The lowest BCUT2D eigenvalue weighted by Gasteiger charge is -2.02. The maximum atomic E-state index is 4.33. The summed E-state index contributed by atoms with van der Waals surface area (Å²) in [6, 6.07) is 10.8. The number of aromatic nitrogens is 6. The molecule has 0 bridgehead atoms. The van der Waals surface area contributed by atoms with Gasteiger partial charge in [-0.2, -0.15) is 10.2 Å². The van der Waals surface area contributed by atoms with Crippen molar-refractivity contribution < 1.29 is 0 Å². The van der Waals surface area contributed by atoms with Crippen molar-refractivity contribution in [1.82, 2.24) is 28.5 Å². The number of rotatable bonds is 4. The minimum absolute atomic E-state index is 0.546. The van der Waals surface area contributed by atoms with Gasteiger partial charge >= 0.3 is 0 Å². The van der Waals surface area contributed by atoms with E-state index in [-0.39, 0.29) is 0 Å². The molecule has 8 rings (SSSR count). The number of fused-ring (bicyclic) bond motifs is 4. The molecule has 0 unspecified atom stereocenters. The van der Waals surface area contributed by atoms with E-state index in [2.05, 4.69) is 122 Å². The van der Waals surface area contributed by atoms with E-state index in [1.165, 1.54) is 77.1 Å². The van der Waals surface area contributed by atoms with Crippen molar-refractivity contribution >= 4 is 11.6 Å². The first-order chi connectivity index (χ1) is 21.6. The van der Waals surface area contributed by atoms with Crippen LogP contribution in [0.5, 0.6) is 0 Å². The molecule has 0 radical (unpaired) electrons. The van der Waals surface area contributed by atoms with Crippen LogP contribution in [0.4, 0.5) is 0 Å². The lowest BCUT2D eigenvalue weighted by atomic mass is 10.0. The molecule has 6 heteroatoms. The minimum Gasteiger partial charge on any atom is -0.351 e. The Bertz CT molecular complexity index is 1680. The molecule has 3 aliphatic heterocycles. The standard InChI is InChI=1S/C10H12N2.C10H15N.C10H13N.C9H14N2/c1-8(2)9-7-11-12-6-4-3-5-10(9)12;2*1-8(2)9-6-10-4-3-5-11(10)7-9;1-7(2)8-6-10-11-5-3-4-9(8)11/h3-8H,1-2H3;6-8H,3-5H2,1-2H3;3-4,6-8H,5H2,1-2H3;6-7H,3-5H2,1-2H3. The summed E-state index contributed by atoms with van der Waals surface area (Å²) in [5, 5.41) is 8.59. The van der Waals surface area contributed by atoms with E-state index in [1.807, 2.05) is 35.2 Å². The first-order valence-electron chi connectivity index (χ1n) is 17.1. The van der Waals surface area contributed by atoms with Crippen molar-refractivity contribution in [3.05, 3.63) is 107 Å².